The number of carboxylic acid groups (broad SMARTS) is 1. The number of ketones is 2. The zero-order valence-corrected chi connectivity index (χ0v) is 12.8. The van der Waals surface area contributed by atoms with Crippen LogP contribution in [0.3, 0.4) is 0 Å². The van der Waals surface area contributed by atoms with Crippen molar-refractivity contribution in [1.29, 1.82) is 0 Å². The molecule has 0 aromatic carbocycles. The van der Waals surface area contributed by atoms with Gasteiger partial charge in [0.25, 0.3) is 0 Å². The lowest BCUT2D eigenvalue weighted by molar-refractivity contribution is -0.149. The van der Waals surface area contributed by atoms with Crippen LogP contribution in [0, 0.1) is 10.8 Å². The van der Waals surface area contributed by atoms with Gasteiger partial charge in [0.05, 0.1) is 5.41 Å². The Labute approximate surface area is 120 Å². The maximum atomic E-state index is 12.5. The monoisotopic (exact) mass is 280 g/mol. The van der Waals surface area contributed by atoms with Gasteiger partial charge in [0.1, 0.15) is 11.6 Å². The van der Waals surface area contributed by atoms with Crippen LogP contribution < -0.4 is 0 Å². The zero-order valence-electron chi connectivity index (χ0n) is 12.8. The van der Waals surface area contributed by atoms with Crippen molar-refractivity contribution in [1.82, 2.24) is 0 Å². The summed E-state index contributed by atoms with van der Waals surface area (Å²) in [6.07, 6.45) is 2.85. The second-order valence-corrected chi connectivity index (χ2v) is 6.83. The Kier molecular flexibility index (Phi) is 4.90. The zero-order chi connectivity index (χ0) is 15.6. The standard InChI is InChI=1S/C16H24O4/c1-11(2)5-7-16(8-6-14(19)20)12(17)9-15(3,4)10-13(16)18/h5H,6-10H2,1-4H3,(H,19,20). The molecule has 20 heavy (non-hydrogen) atoms. The van der Waals surface area contributed by atoms with Gasteiger partial charge in [-0.1, -0.05) is 25.5 Å². The summed E-state index contributed by atoms with van der Waals surface area (Å²) in [5.41, 5.74) is -0.401. The molecular weight excluding hydrogens is 256 g/mol. The van der Waals surface area contributed by atoms with Crippen LogP contribution in [0.2, 0.25) is 0 Å². The highest BCUT2D eigenvalue weighted by Gasteiger charge is 2.50. The van der Waals surface area contributed by atoms with Crippen molar-refractivity contribution in [2.45, 2.75) is 59.8 Å². The van der Waals surface area contributed by atoms with Gasteiger partial charge in [-0.05, 0) is 32.1 Å². The van der Waals surface area contributed by atoms with Gasteiger partial charge in [0.15, 0.2) is 0 Å². The van der Waals surface area contributed by atoms with Crippen molar-refractivity contribution < 1.29 is 19.5 Å². The van der Waals surface area contributed by atoms with E-state index >= 15 is 0 Å². The number of allylic oxidation sites excluding steroid dienone is 2. The summed E-state index contributed by atoms with van der Waals surface area (Å²) >= 11 is 0. The van der Waals surface area contributed by atoms with E-state index in [2.05, 4.69) is 0 Å². The van der Waals surface area contributed by atoms with E-state index in [9.17, 15) is 14.4 Å². The Balaban J connectivity index is 3.09. The number of hydrogen-bond donors (Lipinski definition) is 1. The van der Waals surface area contributed by atoms with Crippen molar-refractivity contribution >= 4 is 17.5 Å². The van der Waals surface area contributed by atoms with Crippen LogP contribution in [0.25, 0.3) is 0 Å². The first-order chi connectivity index (χ1) is 9.09. The molecule has 0 aromatic rings. The molecule has 1 aliphatic rings. The summed E-state index contributed by atoms with van der Waals surface area (Å²) in [5, 5.41) is 8.87. The Morgan fingerprint density at radius 1 is 1.20 bits per heavy atom. The van der Waals surface area contributed by atoms with Gasteiger partial charge >= 0.3 is 5.97 Å². The molecule has 0 amide bonds. The van der Waals surface area contributed by atoms with E-state index in [0.29, 0.717) is 19.3 Å². The quantitative estimate of drug-likeness (QED) is 0.620. The molecule has 1 saturated carbocycles. The molecule has 0 saturated heterocycles. The molecule has 0 unspecified atom stereocenters. The van der Waals surface area contributed by atoms with Crippen LogP contribution in [0.4, 0.5) is 0 Å². The van der Waals surface area contributed by atoms with Gasteiger partial charge < -0.3 is 5.11 Å². The van der Waals surface area contributed by atoms with Crippen LogP contribution >= 0.6 is 0 Å². The van der Waals surface area contributed by atoms with Crippen molar-refractivity contribution in [3.05, 3.63) is 11.6 Å². The number of aliphatic carboxylic acids is 1. The molecule has 0 aliphatic heterocycles. The van der Waals surface area contributed by atoms with Gasteiger partial charge in [0.2, 0.25) is 0 Å². The second kappa shape index (κ2) is 5.90. The largest absolute Gasteiger partial charge is 0.481 e. The Morgan fingerprint density at radius 2 is 1.70 bits per heavy atom. The van der Waals surface area contributed by atoms with Crippen molar-refractivity contribution in [3.63, 3.8) is 0 Å². The predicted molar refractivity (Wildman–Crippen MR) is 76.4 cm³/mol. The van der Waals surface area contributed by atoms with Crippen LogP contribution in [-0.2, 0) is 14.4 Å². The Bertz CT molecular complexity index is 433. The number of Topliss-reactive ketones (excluding diaryl/α,β-unsaturated/α-hetero) is 2. The minimum absolute atomic E-state index is 0.0995. The maximum absolute atomic E-state index is 12.5. The fraction of sp³-hybridized carbons (Fsp3) is 0.688. The lowest BCUT2D eigenvalue weighted by Gasteiger charge is -2.40. The van der Waals surface area contributed by atoms with Gasteiger partial charge in [-0.2, -0.15) is 0 Å². The first-order valence-corrected chi connectivity index (χ1v) is 7.01. The van der Waals surface area contributed by atoms with Crippen LogP contribution in [0.15, 0.2) is 11.6 Å². The lowest BCUT2D eigenvalue weighted by Crippen LogP contribution is -2.47. The van der Waals surface area contributed by atoms with E-state index in [1.165, 1.54) is 0 Å². The van der Waals surface area contributed by atoms with E-state index < -0.39 is 11.4 Å². The minimum atomic E-state index is -1.12. The van der Waals surface area contributed by atoms with Gasteiger partial charge in [-0.15, -0.1) is 0 Å². The third-order valence-electron chi connectivity index (χ3n) is 3.97. The first kappa shape index (κ1) is 16.6. The van der Waals surface area contributed by atoms with E-state index in [4.69, 9.17) is 5.11 Å². The predicted octanol–water partition coefficient (Wildman–Crippen LogP) is 3.15. The highest BCUT2D eigenvalue weighted by molar-refractivity contribution is 6.10. The summed E-state index contributed by atoms with van der Waals surface area (Å²) in [4.78, 5) is 35.9. The molecule has 1 aliphatic carbocycles. The molecule has 0 aromatic heterocycles. The molecule has 4 heteroatoms. The van der Waals surface area contributed by atoms with E-state index in [1.807, 2.05) is 33.8 Å². The Hall–Kier alpha value is -1.45. The van der Waals surface area contributed by atoms with E-state index in [-0.39, 0.29) is 29.8 Å². The van der Waals surface area contributed by atoms with Gasteiger partial charge in [-0.25, -0.2) is 0 Å². The highest BCUT2D eigenvalue weighted by atomic mass is 16.4. The van der Waals surface area contributed by atoms with E-state index in [1.54, 1.807) is 0 Å². The van der Waals surface area contributed by atoms with Crippen molar-refractivity contribution in [2.75, 3.05) is 0 Å². The molecule has 1 rings (SSSR count). The molecular formula is C16H24O4. The average Bonchev–Trinajstić information content (AvgIpc) is 2.25. The number of hydrogen-bond acceptors (Lipinski definition) is 3. The molecule has 0 spiro atoms. The SMILES string of the molecule is CC(C)=CCC1(CCC(=O)O)C(=O)CC(C)(C)CC1=O. The maximum Gasteiger partial charge on any atom is 0.303 e. The molecule has 112 valence electrons. The topological polar surface area (TPSA) is 71.4 Å². The average molecular weight is 280 g/mol. The summed E-state index contributed by atoms with van der Waals surface area (Å²) in [7, 11) is 0. The van der Waals surface area contributed by atoms with Crippen LogP contribution in [0.1, 0.15) is 59.8 Å². The first-order valence-electron chi connectivity index (χ1n) is 7.01. The summed E-state index contributed by atoms with van der Waals surface area (Å²) in [6, 6.07) is 0. The van der Waals surface area contributed by atoms with Crippen molar-refractivity contribution in [3.8, 4) is 0 Å². The van der Waals surface area contributed by atoms with Crippen LogP contribution in [0.5, 0.6) is 0 Å². The third kappa shape index (κ3) is 3.78. The molecule has 0 radical (unpaired) electrons. The van der Waals surface area contributed by atoms with Crippen molar-refractivity contribution in [2.24, 2.45) is 10.8 Å². The van der Waals surface area contributed by atoms with E-state index in [0.717, 1.165) is 5.57 Å². The fourth-order valence-electron chi connectivity index (χ4n) is 2.73. The number of carboxylic acids is 1. The smallest absolute Gasteiger partial charge is 0.303 e. The summed E-state index contributed by atoms with van der Waals surface area (Å²) in [5.74, 6) is -1.16. The summed E-state index contributed by atoms with van der Waals surface area (Å²) in [6.45, 7) is 7.63. The number of carbonyl (C=O) groups is 3. The lowest BCUT2D eigenvalue weighted by atomic mass is 9.60. The highest BCUT2D eigenvalue weighted by Crippen LogP contribution is 2.45. The number of carbonyl (C=O) groups excluding carboxylic acids is 2. The minimum Gasteiger partial charge on any atom is -0.481 e. The molecule has 0 atom stereocenters. The Morgan fingerprint density at radius 3 is 2.10 bits per heavy atom. The molecule has 1 N–H and O–H groups in total. The van der Waals surface area contributed by atoms with Gasteiger partial charge in [-0.3, -0.25) is 14.4 Å². The second-order valence-electron chi connectivity index (χ2n) is 6.83. The summed E-state index contributed by atoms with van der Waals surface area (Å²) < 4.78 is 0. The van der Waals surface area contributed by atoms with Crippen LogP contribution in [-0.4, -0.2) is 22.6 Å². The molecule has 4 nitrogen and oxygen atoms in total. The molecule has 0 bridgehead atoms. The molecule has 1 fully saturated rings. The van der Waals surface area contributed by atoms with Gasteiger partial charge in [0, 0.05) is 19.3 Å². The number of rotatable bonds is 5. The normalized spacial score (nSPS) is 20.6. The fourth-order valence-corrected chi connectivity index (χ4v) is 2.73. The molecule has 0 heterocycles. The third-order valence-corrected chi connectivity index (χ3v) is 3.97.